The first-order chi connectivity index (χ1) is 11.7. The molecule has 1 aromatic carbocycles. The Morgan fingerprint density at radius 1 is 1.24 bits per heavy atom. The van der Waals surface area contributed by atoms with E-state index in [2.05, 4.69) is 9.97 Å². The third-order valence-corrected chi connectivity index (χ3v) is 4.42. The Kier molecular flexibility index (Phi) is 4.39. The molecule has 0 radical (unpaired) electrons. The van der Waals surface area contributed by atoms with Crippen molar-refractivity contribution in [2.24, 2.45) is 0 Å². The third kappa shape index (κ3) is 3.74. The molecular weight excluding hydrogens is 320 g/mol. The van der Waals surface area contributed by atoms with E-state index >= 15 is 0 Å². The zero-order valence-electron chi connectivity index (χ0n) is 14.3. The first-order valence-electron chi connectivity index (χ1n) is 8.34. The molecule has 0 saturated heterocycles. The van der Waals surface area contributed by atoms with E-state index in [1.807, 2.05) is 18.2 Å². The lowest BCUT2D eigenvalue weighted by Gasteiger charge is -2.16. The first kappa shape index (κ1) is 17.2. The Balaban J connectivity index is 2.11. The van der Waals surface area contributed by atoms with Crippen LogP contribution in [0.1, 0.15) is 37.8 Å². The number of aromatic amines is 2. The van der Waals surface area contributed by atoms with Gasteiger partial charge in [-0.15, -0.1) is 0 Å². The Morgan fingerprint density at radius 2 is 2.00 bits per heavy atom. The molecule has 25 heavy (non-hydrogen) atoms. The van der Waals surface area contributed by atoms with E-state index in [1.165, 1.54) is 0 Å². The SMILES string of the molecule is CC(C)(O)CCc1ccc2[nH]c(=O)c3[nH]cc(CCC(=O)O)c3c2c1. The van der Waals surface area contributed by atoms with Crippen LogP contribution in [0.4, 0.5) is 0 Å². The highest BCUT2D eigenvalue weighted by molar-refractivity contribution is 6.06. The molecule has 0 aliphatic heterocycles. The van der Waals surface area contributed by atoms with E-state index in [9.17, 15) is 14.7 Å². The van der Waals surface area contributed by atoms with Crippen molar-refractivity contribution < 1.29 is 15.0 Å². The highest BCUT2D eigenvalue weighted by Gasteiger charge is 2.15. The number of carboxylic acid groups (broad SMARTS) is 1. The van der Waals surface area contributed by atoms with E-state index in [1.54, 1.807) is 20.0 Å². The molecule has 0 aliphatic rings. The zero-order valence-corrected chi connectivity index (χ0v) is 14.3. The second kappa shape index (κ2) is 6.37. The standard InChI is InChI=1S/C19H22N2O4/c1-19(2,25)8-7-11-3-5-14-13(9-11)16-12(4-6-15(22)23)10-20-17(16)18(24)21-14/h3,5,9-10,20,25H,4,6-8H2,1-2H3,(H,21,24)(H,22,23). The highest BCUT2D eigenvalue weighted by atomic mass is 16.4. The van der Waals surface area contributed by atoms with Crippen LogP contribution < -0.4 is 5.56 Å². The summed E-state index contributed by atoms with van der Waals surface area (Å²) in [6.07, 6.45) is 3.44. The fourth-order valence-electron chi connectivity index (χ4n) is 3.09. The van der Waals surface area contributed by atoms with Crippen LogP contribution in [0.25, 0.3) is 21.8 Å². The monoisotopic (exact) mass is 342 g/mol. The second-order valence-electron chi connectivity index (χ2n) is 7.10. The molecule has 2 aromatic heterocycles. The van der Waals surface area contributed by atoms with Crippen LogP contribution in [0.3, 0.4) is 0 Å². The number of hydrogen-bond acceptors (Lipinski definition) is 3. The number of aryl methyl sites for hydroxylation is 2. The summed E-state index contributed by atoms with van der Waals surface area (Å²) < 4.78 is 0. The van der Waals surface area contributed by atoms with E-state index in [4.69, 9.17) is 5.11 Å². The first-order valence-corrected chi connectivity index (χ1v) is 8.34. The molecule has 0 atom stereocenters. The molecule has 0 fully saturated rings. The number of benzene rings is 1. The maximum atomic E-state index is 12.3. The number of aliphatic hydroxyl groups is 1. The summed E-state index contributed by atoms with van der Waals surface area (Å²) >= 11 is 0. The van der Waals surface area contributed by atoms with Crippen molar-refractivity contribution in [1.29, 1.82) is 0 Å². The lowest BCUT2D eigenvalue weighted by Crippen LogP contribution is -2.19. The van der Waals surface area contributed by atoms with Gasteiger partial charge in [0, 0.05) is 28.9 Å². The van der Waals surface area contributed by atoms with Crippen molar-refractivity contribution in [3.63, 3.8) is 0 Å². The van der Waals surface area contributed by atoms with Crippen molar-refractivity contribution in [2.45, 2.75) is 45.1 Å². The number of carbonyl (C=O) groups is 1. The Labute approximate surface area is 144 Å². The van der Waals surface area contributed by atoms with Gasteiger partial charge in [0.1, 0.15) is 5.52 Å². The number of aliphatic carboxylic acids is 1. The van der Waals surface area contributed by atoms with Crippen LogP contribution in [0, 0.1) is 0 Å². The highest BCUT2D eigenvalue weighted by Crippen LogP contribution is 2.27. The van der Waals surface area contributed by atoms with Crippen molar-refractivity contribution in [2.75, 3.05) is 0 Å². The molecule has 0 saturated carbocycles. The fourth-order valence-corrected chi connectivity index (χ4v) is 3.09. The molecule has 3 aromatic rings. The molecule has 132 valence electrons. The molecule has 6 nitrogen and oxygen atoms in total. The van der Waals surface area contributed by atoms with Gasteiger partial charge in [-0.2, -0.15) is 0 Å². The van der Waals surface area contributed by atoms with Gasteiger partial charge in [0.05, 0.1) is 5.60 Å². The quantitative estimate of drug-likeness (QED) is 0.552. The summed E-state index contributed by atoms with van der Waals surface area (Å²) in [6, 6.07) is 5.82. The minimum absolute atomic E-state index is 0.0135. The van der Waals surface area contributed by atoms with Crippen LogP contribution in [0.2, 0.25) is 0 Å². The fraction of sp³-hybridized carbons (Fsp3) is 0.368. The maximum Gasteiger partial charge on any atom is 0.303 e. The molecule has 4 N–H and O–H groups in total. The van der Waals surface area contributed by atoms with Crippen LogP contribution >= 0.6 is 0 Å². The molecule has 2 heterocycles. The molecule has 0 aliphatic carbocycles. The summed E-state index contributed by atoms with van der Waals surface area (Å²) in [5, 5.41) is 20.5. The summed E-state index contributed by atoms with van der Waals surface area (Å²) in [6.45, 7) is 3.56. The average Bonchev–Trinajstić information content (AvgIpc) is 2.95. The number of hydrogen-bond donors (Lipinski definition) is 4. The Morgan fingerprint density at radius 3 is 2.68 bits per heavy atom. The van der Waals surface area contributed by atoms with E-state index in [-0.39, 0.29) is 12.0 Å². The average molecular weight is 342 g/mol. The normalized spacial score (nSPS) is 12.1. The van der Waals surface area contributed by atoms with Gasteiger partial charge in [0.25, 0.3) is 5.56 Å². The molecule has 6 heteroatoms. The number of aromatic nitrogens is 2. The number of rotatable bonds is 6. The summed E-state index contributed by atoms with van der Waals surface area (Å²) in [5.41, 5.74) is 2.12. The Hall–Kier alpha value is -2.60. The molecule has 3 rings (SSSR count). The maximum absolute atomic E-state index is 12.3. The van der Waals surface area contributed by atoms with Crippen LogP contribution in [0.5, 0.6) is 0 Å². The van der Waals surface area contributed by atoms with E-state index in [0.717, 1.165) is 33.8 Å². The largest absolute Gasteiger partial charge is 0.481 e. The van der Waals surface area contributed by atoms with E-state index < -0.39 is 11.6 Å². The van der Waals surface area contributed by atoms with Gasteiger partial charge in [0.2, 0.25) is 0 Å². The van der Waals surface area contributed by atoms with Gasteiger partial charge >= 0.3 is 5.97 Å². The second-order valence-corrected chi connectivity index (χ2v) is 7.10. The molecule has 0 bridgehead atoms. The summed E-state index contributed by atoms with van der Waals surface area (Å²) in [7, 11) is 0. The topological polar surface area (TPSA) is 106 Å². The number of nitrogens with one attached hydrogen (secondary N) is 2. The lowest BCUT2D eigenvalue weighted by atomic mass is 9.96. The van der Waals surface area contributed by atoms with Crippen molar-refractivity contribution in [3.05, 3.63) is 45.9 Å². The summed E-state index contributed by atoms with van der Waals surface area (Å²) in [4.78, 5) is 29.0. The predicted octanol–water partition coefficient (Wildman–Crippen LogP) is 2.73. The van der Waals surface area contributed by atoms with Crippen molar-refractivity contribution in [3.8, 4) is 0 Å². The molecular formula is C19H22N2O4. The number of fused-ring (bicyclic) bond motifs is 3. The number of pyridine rings is 1. The van der Waals surface area contributed by atoms with Gasteiger partial charge in [-0.25, -0.2) is 0 Å². The van der Waals surface area contributed by atoms with Crippen molar-refractivity contribution >= 4 is 27.8 Å². The minimum atomic E-state index is -0.866. The smallest absolute Gasteiger partial charge is 0.303 e. The van der Waals surface area contributed by atoms with Gasteiger partial charge in [-0.05, 0) is 56.4 Å². The van der Waals surface area contributed by atoms with Crippen LogP contribution in [-0.2, 0) is 17.6 Å². The predicted molar refractivity (Wildman–Crippen MR) is 97.0 cm³/mol. The Bertz CT molecular complexity index is 992. The zero-order chi connectivity index (χ0) is 18.2. The molecule has 0 spiro atoms. The van der Waals surface area contributed by atoms with Gasteiger partial charge < -0.3 is 20.2 Å². The van der Waals surface area contributed by atoms with Crippen LogP contribution in [-0.4, -0.2) is 31.8 Å². The van der Waals surface area contributed by atoms with E-state index in [0.29, 0.717) is 18.4 Å². The minimum Gasteiger partial charge on any atom is -0.481 e. The van der Waals surface area contributed by atoms with Crippen LogP contribution in [0.15, 0.2) is 29.2 Å². The molecule has 0 amide bonds. The molecule has 0 unspecified atom stereocenters. The van der Waals surface area contributed by atoms with Gasteiger partial charge in [0.15, 0.2) is 0 Å². The van der Waals surface area contributed by atoms with Gasteiger partial charge in [-0.1, -0.05) is 6.07 Å². The van der Waals surface area contributed by atoms with Crippen molar-refractivity contribution in [1.82, 2.24) is 9.97 Å². The third-order valence-electron chi connectivity index (χ3n) is 4.42. The number of H-pyrrole nitrogens is 2. The van der Waals surface area contributed by atoms with Gasteiger partial charge in [-0.3, -0.25) is 9.59 Å². The lowest BCUT2D eigenvalue weighted by molar-refractivity contribution is -0.136. The number of carboxylic acids is 1. The summed E-state index contributed by atoms with van der Waals surface area (Å²) in [5.74, 6) is -0.866.